The molecule has 2 atom stereocenters. The van der Waals surface area contributed by atoms with Gasteiger partial charge < -0.3 is 0 Å². The maximum Gasteiger partial charge on any atom is 0.233 e. The number of hydrogen-bond acceptors (Lipinski definition) is 4. The van der Waals surface area contributed by atoms with Crippen molar-refractivity contribution in [3.8, 4) is 0 Å². The fourth-order valence-corrected chi connectivity index (χ4v) is 1.75. The summed E-state index contributed by atoms with van der Waals surface area (Å²) in [5.74, 6) is 0.0361. The van der Waals surface area contributed by atoms with Gasteiger partial charge in [0.15, 0.2) is 0 Å². The van der Waals surface area contributed by atoms with Crippen molar-refractivity contribution < 1.29 is 9.59 Å². The highest BCUT2D eigenvalue weighted by Crippen LogP contribution is 2.27. The molecule has 15 heavy (non-hydrogen) atoms. The number of imide groups is 1. The number of likely N-dealkylation sites (tertiary alicyclic amines) is 1. The first-order valence-electron chi connectivity index (χ1n) is 4.82. The highest BCUT2D eigenvalue weighted by Gasteiger charge is 2.39. The molecule has 1 aromatic rings. The van der Waals surface area contributed by atoms with Gasteiger partial charge in [-0.15, -0.1) is 0 Å². The minimum atomic E-state index is -0.363. The van der Waals surface area contributed by atoms with Crippen LogP contribution in [0, 0.1) is 5.92 Å². The van der Waals surface area contributed by atoms with Gasteiger partial charge in [-0.1, -0.05) is 6.92 Å². The Morgan fingerprint density at radius 1 is 1.60 bits per heavy atom. The number of nitrogens with zero attached hydrogens (tertiary/aromatic N) is 3. The third-order valence-electron chi connectivity index (χ3n) is 2.63. The summed E-state index contributed by atoms with van der Waals surface area (Å²) in [6.07, 6.45) is 1.65. The van der Waals surface area contributed by atoms with Gasteiger partial charge in [0, 0.05) is 12.3 Å². The third kappa shape index (κ3) is 1.51. The molecule has 1 fully saturated rings. The molecule has 2 amide bonds. The fourth-order valence-electron chi connectivity index (χ4n) is 1.75. The van der Waals surface area contributed by atoms with E-state index in [4.69, 9.17) is 0 Å². The molecule has 0 aliphatic carbocycles. The van der Waals surface area contributed by atoms with Crippen molar-refractivity contribution in [2.24, 2.45) is 5.92 Å². The van der Waals surface area contributed by atoms with E-state index >= 15 is 0 Å². The molecule has 1 aliphatic heterocycles. The molecule has 1 saturated heterocycles. The van der Waals surface area contributed by atoms with Crippen LogP contribution in [0.15, 0.2) is 6.33 Å². The van der Waals surface area contributed by atoms with Crippen LogP contribution < -0.4 is 0 Å². The summed E-state index contributed by atoms with van der Waals surface area (Å²) in [4.78, 5) is 28.5. The zero-order chi connectivity index (χ0) is 11.0. The van der Waals surface area contributed by atoms with Gasteiger partial charge in [-0.05, 0) is 6.92 Å². The summed E-state index contributed by atoms with van der Waals surface area (Å²) in [6, 6.07) is -0.363. The first-order chi connectivity index (χ1) is 7.11. The lowest BCUT2D eigenvalue weighted by Gasteiger charge is -2.20. The van der Waals surface area contributed by atoms with E-state index in [1.807, 2.05) is 0 Å². The molecule has 2 unspecified atom stereocenters. The third-order valence-corrected chi connectivity index (χ3v) is 2.63. The first kappa shape index (κ1) is 9.82. The lowest BCUT2D eigenvalue weighted by molar-refractivity contribution is -0.141. The largest absolute Gasteiger partial charge is 0.274 e. The Kier molecular flexibility index (Phi) is 2.26. The standard InChI is InChI=1S/C9H12N4O2/c1-5-3-7(14)13(9(5)15)6(2)8-10-4-11-12-8/h4-6H,3H2,1-2H3,(H,10,11,12). The van der Waals surface area contributed by atoms with E-state index in [-0.39, 0.29) is 30.2 Å². The van der Waals surface area contributed by atoms with E-state index in [1.54, 1.807) is 13.8 Å². The molecule has 0 aromatic carbocycles. The predicted octanol–water partition coefficient (Wildman–Crippen LogP) is 0.261. The van der Waals surface area contributed by atoms with Gasteiger partial charge in [0.2, 0.25) is 11.8 Å². The van der Waals surface area contributed by atoms with Crippen LogP contribution in [0.25, 0.3) is 0 Å². The van der Waals surface area contributed by atoms with Crippen LogP contribution in [0.1, 0.15) is 32.1 Å². The van der Waals surface area contributed by atoms with Crippen LogP contribution >= 0.6 is 0 Å². The quantitative estimate of drug-likeness (QED) is 0.707. The lowest BCUT2D eigenvalue weighted by atomic mass is 10.1. The van der Waals surface area contributed by atoms with Gasteiger partial charge in [-0.3, -0.25) is 19.6 Å². The minimum absolute atomic E-state index is 0.135. The highest BCUT2D eigenvalue weighted by atomic mass is 16.2. The molecule has 80 valence electrons. The number of amides is 2. The van der Waals surface area contributed by atoms with Crippen LogP contribution in [0.2, 0.25) is 0 Å². The van der Waals surface area contributed by atoms with E-state index in [1.165, 1.54) is 11.2 Å². The van der Waals surface area contributed by atoms with Crippen LogP contribution in [0.3, 0.4) is 0 Å². The van der Waals surface area contributed by atoms with Gasteiger partial charge in [-0.2, -0.15) is 5.10 Å². The summed E-state index contributed by atoms with van der Waals surface area (Å²) in [5.41, 5.74) is 0. The molecule has 1 N–H and O–H groups in total. The fraction of sp³-hybridized carbons (Fsp3) is 0.556. The van der Waals surface area contributed by atoms with Gasteiger partial charge in [-0.25, -0.2) is 4.98 Å². The van der Waals surface area contributed by atoms with E-state index in [2.05, 4.69) is 15.2 Å². The molecular formula is C9H12N4O2. The number of nitrogens with one attached hydrogen (secondary N) is 1. The van der Waals surface area contributed by atoms with E-state index < -0.39 is 0 Å². The zero-order valence-corrected chi connectivity index (χ0v) is 8.60. The number of carbonyl (C=O) groups is 2. The van der Waals surface area contributed by atoms with Crippen LogP contribution in [-0.2, 0) is 9.59 Å². The summed E-state index contributed by atoms with van der Waals surface area (Å²) in [5, 5.41) is 6.36. The SMILES string of the molecule is CC1CC(=O)N(C(C)c2ncn[nH]2)C1=O. The monoisotopic (exact) mass is 208 g/mol. The average Bonchev–Trinajstić information content (AvgIpc) is 2.76. The molecule has 0 bridgehead atoms. The van der Waals surface area contributed by atoms with Crippen molar-refractivity contribution >= 4 is 11.8 Å². The smallest absolute Gasteiger partial charge is 0.233 e. The van der Waals surface area contributed by atoms with Gasteiger partial charge in [0.05, 0.1) is 6.04 Å². The van der Waals surface area contributed by atoms with Crippen molar-refractivity contribution in [2.75, 3.05) is 0 Å². The number of rotatable bonds is 2. The summed E-state index contributed by atoms with van der Waals surface area (Å²) in [6.45, 7) is 3.52. The maximum absolute atomic E-state index is 11.7. The van der Waals surface area contributed by atoms with E-state index in [0.717, 1.165) is 0 Å². The Balaban J connectivity index is 2.24. The van der Waals surface area contributed by atoms with Crippen molar-refractivity contribution in [3.05, 3.63) is 12.2 Å². The summed E-state index contributed by atoms with van der Waals surface area (Å²) >= 11 is 0. The topological polar surface area (TPSA) is 79.0 Å². The molecule has 1 aliphatic rings. The van der Waals surface area contributed by atoms with Gasteiger partial charge in [0.1, 0.15) is 12.2 Å². The van der Waals surface area contributed by atoms with E-state index in [9.17, 15) is 9.59 Å². The normalized spacial score (nSPS) is 23.6. The van der Waals surface area contributed by atoms with Crippen LogP contribution in [0.4, 0.5) is 0 Å². The molecule has 0 saturated carbocycles. The molecule has 2 heterocycles. The summed E-state index contributed by atoms with van der Waals surface area (Å²) in [7, 11) is 0. The average molecular weight is 208 g/mol. The van der Waals surface area contributed by atoms with Crippen molar-refractivity contribution in [2.45, 2.75) is 26.3 Å². The van der Waals surface area contributed by atoms with Crippen molar-refractivity contribution in [1.29, 1.82) is 0 Å². The number of aromatic amines is 1. The number of H-pyrrole nitrogens is 1. The van der Waals surface area contributed by atoms with Crippen LogP contribution in [-0.4, -0.2) is 31.9 Å². The second-order valence-corrected chi connectivity index (χ2v) is 3.75. The van der Waals surface area contributed by atoms with Crippen molar-refractivity contribution in [1.82, 2.24) is 20.1 Å². The molecule has 6 heteroatoms. The van der Waals surface area contributed by atoms with Crippen molar-refractivity contribution in [3.63, 3.8) is 0 Å². The molecule has 6 nitrogen and oxygen atoms in total. The zero-order valence-electron chi connectivity index (χ0n) is 8.60. The second kappa shape index (κ2) is 3.45. The predicted molar refractivity (Wildman–Crippen MR) is 50.4 cm³/mol. The van der Waals surface area contributed by atoms with Gasteiger partial charge >= 0.3 is 0 Å². The summed E-state index contributed by atoms with van der Waals surface area (Å²) < 4.78 is 0. The minimum Gasteiger partial charge on any atom is -0.274 e. The number of hydrogen-bond donors (Lipinski definition) is 1. The molecule has 2 rings (SSSR count). The Morgan fingerprint density at radius 2 is 2.33 bits per heavy atom. The Morgan fingerprint density at radius 3 is 2.80 bits per heavy atom. The molecule has 1 aromatic heterocycles. The molecule has 0 radical (unpaired) electrons. The lowest BCUT2D eigenvalue weighted by Crippen LogP contribution is -2.33. The van der Waals surface area contributed by atoms with Crippen LogP contribution in [0.5, 0.6) is 0 Å². The van der Waals surface area contributed by atoms with Gasteiger partial charge in [0.25, 0.3) is 0 Å². The molecule has 0 spiro atoms. The number of aromatic nitrogens is 3. The number of carbonyl (C=O) groups excluding carboxylic acids is 2. The molecular weight excluding hydrogens is 196 g/mol. The highest BCUT2D eigenvalue weighted by molar-refractivity contribution is 6.03. The Hall–Kier alpha value is -1.72. The second-order valence-electron chi connectivity index (χ2n) is 3.75. The van der Waals surface area contributed by atoms with E-state index in [0.29, 0.717) is 5.82 Å². The Bertz CT molecular complexity index is 387. The Labute approximate surface area is 86.7 Å². The first-order valence-corrected chi connectivity index (χ1v) is 4.82. The maximum atomic E-state index is 11.7.